The average Bonchev–Trinajstić information content (AvgIpc) is 1.35. The molecule has 0 amide bonds. The molecule has 0 radical (unpaired) electrons. The Morgan fingerprint density at radius 2 is 2.00 bits per heavy atom. The van der Waals surface area contributed by atoms with Crippen molar-refractivity contribution in [2.45, 2.75) is 21.3 Å². The molecule has 0 fully saturated rings. The summed E-state index contributed by atoms with van der Waals surface area (Å²) in [5.74, 6) is 0. The summed E-state index contributed by atoms with van der Waals surface area (Å²) >= 11 is 0. The summed E-state index contributed by atoms with van der Waals surface area (Å²) in [6, 6.07) is 0. The van der Waals surface area contributed by atoms with E-state index >= 15 is 0 Å². The van der Waals surface area contributed by atoms with Gasteiger partial charge in [0.15, 0.2) is 0 Å². The van der Waals surface area contributed by atoms with Gasteiger partial charge in [-0.3, -0.25) is 0 Å². The topological polar surface area (TPSA) is 20.2 Å². The first-order chi connectivity index (χ1) is 2.77. The third kappa shape index (κ3) is 10.7. The standard InChI is InChI=1S/C5H10O.CH4/c1-5(2)3-4-6;/h3,6H,4H2,1-2H3;1H4. The average molecular weight is 102 g/mol. The Balaban J connectivity index is 0. The Morgan fingerprint density at radius 3 is 2.00 bits per heavy atom. The smallest absolute Gasteiger partial charge is 0.0614 e. The molecule has 0 unspecified atom stereocenters. The lowest BCUT2D eigenvalue weighted by atomic mass is 10.3. The number of aliphatic hydroxyl groups is 1. The largest absolute Gasteiger partial charge is 0.392 e. The zero-order valence-corrected chi connectivity index (χ0v) is 4.23. The minimum absolute atomic E-state index is 0. The highest BCUT2D eigenvalue weighted by molar-refractivity contribution is 4.91. The number of rotatable bonds is 1. The maximum absolute atomic E-state index is 8.16. The van der Waals surface area contributed by atoms with Crippen LogP contribution in [0.5, 0.6) is 0 Å². The van der Waals surface area contributed by atoms with Gasteiger partial charge < -0.3 is 5.11 Å². The van der Waals surface area contributed by atoms with E-state index in [4.69, 9.17) is 5.11 Å². The minimum atomic E-state index is 0. The molecular formula is C6H14O. The molecule has 0 aromatic rings. The van der Waals surface area contributed by atoms with E-state index < -0.39 is 0 Å². The summed E-state index contributed by atoms with van der Waals surface area (Å²) in [6.07, 6.45) is 1.76. The predicted molar refractivity (Wildman–Crippen MR) is 33.2 cm³/mol. The molecule has 0 aliphatic carbocycles. The van der Waals surface area contributed by atoms with Crippen LogP contribution in [0.1, 0.15) is 21.3 Å². The molecule has 0 bridgehead atoms. The second kappa shape index (κ2) is 5.70. The van der Waals surface area contributed by atoms with Crippen molar-refractivity contribution in [1.82, 2.24) is 0 Å². The molecule has 1 nitrogen and oxygen atoms in total. The molecule has 0 aliphatic rings. The fourth-order valence-corrected chi connectivity index (χ4v) is 0.183. The molecule has 1 heteroatoms. The minimum Gasteiger partial charge on any atom is -0.392 e. The molecule has 0 spiro atoms. The van der Waals surface area contributed by atoms with Gasteiger partial charge >= 0.3 is 0 Å². The van der Waals surface area contributed by atoms with E-state index in [-0.39, 0.29) is 14.0 Å². The van der Waals surface area contributed by atoms with Crippen LogP contribution in [-0.2, 0) is 0 Å². The van der Waals surface area contributed by atoms with Crippen molar-refractivity contribution in [2.24, 2.45) is 0 Å². The second-order valence-corrected chi connectivity index (χ2v) is 1.46. The van der Waals surface area contributed by atoms with E-state index in [0.29, 0.717) is 0 Å². The SMILES string of the molecule is C.CC(C)=CCO. The lowest BCUT2D eigenvalue weighted by molar-refractivity contribution is 0.342. The van der Waals surface area contributed by atoms with E-state index in [0.717, 1.165) is 5.57 Å². The lowest BCUT2D eigenvalue weighted by Crippen LogP contribution is -1.71. The van der Waals surface area contributed by atoms with Gasteiger partial charge in [-0.15, -0.1) is 0 Å². The van der Waals surface area contributed by atoms with Gasteiger partial charge in [0.25, 0.3) is 0 Å². The summed E-state index contributed by atoms with van der Waals surface area (Å²) in [6.45, 7) is 4.08. The summed E-state index contributed by atoms with van der Waals surface area (Å²) in [5.41, 5.74) is 1.16. The zero-order valence-electron chi connectivity index (χ0n) is 4.23. The fraction of sp³-hybridized carbons (Fsp3) is 0.667. The van der Waals surface area contributed by atoms with Crippen LogP contribution in [0, 0.1) is 0 Å². The van der Waals surface area contributed by atoms with E-state index in [1.807, 2.05) is 13.8 Å². The molecule has 0 saturated carbocycles. The first kappa shape index (κ1) is 9.85. The maximum Gasteiger partial charge on any atom is 0.0614 e. The first-order valence-electron chi connectivity index (χ1n) is 2.01. The number of aliphatic hydroxyl groups excluding tert-OH is 1. The van der Waals surface area contributed by atoms with Gasteiger partial charge in [0, 0.05) is 0 Å². The van der Waals surface area contributed by atoms with Crippen molar-refractivity contribution in [3.05, 3.63) is 11.6 Å². The van der Waals surface area contributed by atoms with Crippen molar-refractivity contribution in [2.75, 3.05) is 6.61 Å². The van der Waals surface area contributed by atoms with Crippen LogP contribution in [0.4, 0.5) is 0 Å². The van der Waals surface area contributed by atoms with Crippen LogP contribution < -0.4 is 0 Å². The Labute approximate surface area is 45.7 Å². The summed E-state index contributed by atoms with van der Waals surface area (Å²) in [4.78, 5) is 0. The van der Waals surface area contributed by atoms with Crippen LogP contribution in [0.15, 0.2) is 11.6 Å². The molecule has 44 valence electrons. The molecule has 7 heavy (non-hydrogen) atoms. The van der Waals surface area contributed by atoms with Gasteiger partial charge in [-0.2, -0.15) is 0 Å². The number of hydrogen-bond acceptors (Lipinski definition) is 1. The Kier molecular flexibility index (Phi) is 8.02. The van der Waals surface area contributed by atoms with Crippen molar-refractivity contribution in [3.8, 4) is 0 Å². The molecule has 1 N–H and O–H groups in total. The Morgan fingerprint density at radius 1 is 1.57 bits per heavy atom. The maximum atomic E-state index is 8.16. The van der Waals surface area contributed by atoms with E-state index in [2.05, 4.69) is 0 Å². The molecule has 0 aliphatic heterocycles. The normalized spacial score (nSPS) is 6.71. The lowest BCUT2D eigenvalue weighted by Gasteiger charge is -1.80. The molecule has 0 saturated heterocycles. The van der Waals surface area contributed by atoms with Crippen LogP contribution in [0.3, 0.4) is 0 Å². The van der Waals surface area contributed by atoms with Gasteiger partial charge in [0.05, 0.1) is 6.61 Å². The highest BCUT2D eigenvalue weighted by atomic mass is 16.2. The van der Waals surface area contributed by atoms with Gasteiger partial charge in [0.2, 0.25) is 0 Å². The zero-order chi connectivity index (χ0) is 4.99. The highest BCUT2D eigenvalue weighted by Gasteiger charge is 1.68. The molecular weight excluding hydrogens is 88.1 g/mol. The summed E-state index contributed by atoms with van der Waals surface area (Å²) in [5, 5.41) is 8.16. The monoisotopic (exact) mass is 102 g/mol. The van der Waals surface area contributed by atoms with E-state index in [9.17, 15) is 0 Å². The third-order valence-electron chi connectivity index (χ3n) is 0.500. The molecule has 0 atom stereocenters. The van der Waals surface area contributed by atoms with Gasteiger partial charge in [-0.1, -0.05) is 19.1 Å². The quantitative estimate of drug-likeness (QED) is 0.498. The van der Waals surface area contributed by atoms with Crippen molar-refractivity contribution < 1.29 is 5.11 Å². The Bertz CT molecular complexity index is 51.2. The summed E-state index contributed by atoms with van der Waals surface area (Å²) in [7, 11) is 0. The first-order valence-corrected chi connectivity index (χ1v) is 2.01. The van der Waals surface area contributed by atoms with Crippen LogP contribution in [-0.4, -0.2) is 11.7 Å². The predicted octanol–water partition coefficient (Wildman–Crippen LogP) is 1.58. The molecule has 0 aromatic carbocycles. The molecule has 0 aromatic heterocycles. The van der Waals surface area contributed by atoms with Crippen molar-refractivity contribution >= 4 is 0 Å². The van der Waals surface area contributed by atoms with Gasteiger partial charge in [-0.05, 0) is 13.8 Å². The van der Waals surface area contributed by atoms with Crippen LogP contribution >= 0.6 is 0 Å². The molecule has 0 heterocycles. The highest BCUT2D eigenvalue weighted by Crippen LogP contribution is 1.83. The van der Waals surface area contributed by atoms with Gasteiger partial charge in [0.1, 0.15) is 0 Å². The van der Waals surface area contributed by atoms with Crippen molar-refractivity contribution in [1.29, 1.82) is 0 Å². The van der Waals surface area contributed by atoms with E-state index in [1.54, 1.807) is 6.08 Å². The van der Waals surface area contributed by atoms with Crippen LogP contribution in [0.25, 0.3) is 0 Å². The van der Waals surface area contributed by atoms with E-state index in [1.165, 1.54) is 0 Å². The van der Waals surface area contributed by atoms with Crippen molar-refractivity contribution in [3.63, 3.8) is 0 Å². The Hall–Kier alpha value is -0.300. The number of hydrogen-bond donors (Lipinski definition) is 1. The fourth-order valence-electron chi connectivity index (χ4n) is 0.183. The molecule has 0 rings (SSSR count). The van der Waals surface area contributed by atoms with Crippen LogP contribution in [0.2, 0.25) is 0 Å². The number of allylic oxidation sites excluding steroid dienone is 1. The second-order valence-electron chi connectivity index (χ2n) is 1.46. The van der Waals surface area contributed by atoms with Gasteiger partial charge in [-0.25, -0.2) is 0 Å². The third-order valence-corrected chi connectivity index (χ3v) is 0.500. The summed E-state index contributed by atoms with van der Waals surface area (Å²) < 4.78 is 0.